The topological polar surface area (TPSA) is 57.1 Å². The number of cyclic esters (lactones) is 1. The lowest BCUT2D eigenvalue weighted by atomic mass is 10.1. The molecule has 8 heteroatoms. The zero-order chi connectivity index (χ0) is 23.4. The molecule has 4 rings (SSSR count). The molecular formula is C25H18BrFINO4. The SMILES string of the molecule is CCOc1cc(/C=C2\N=C(c3ccccc3F)OC2=O)cc(I)c1OCc1ccc(Br)cc1. The number of halogens is 3. The number of hydrogen-bond acceptors (Lipinski definition) is 5. The molecule has 0 unspecified atom stereocenters. The minimum atomic E-state index is -0.642. The lowest BCUT2D eigenvalue weighted by Gasteiger charge is -2.15. The highest BCUT2D eigenvalue weighted by atomic mass is 127. The highest BCUT2D eigenvalue weighted by Crippen LogP contribution is 2.36. The molecule has 0 aliphatic carbocycles. The fourth-order valence-corrected chi connectivity index (χ4v) is 4.17. The second-order valence-corrected chi connectivity index (χ2v) is 9.07. The van der Waals surface area contributed by atoms with Gasteiger partial charge < -0.3 is 14.2 Å². The van der Waals surface area contributed by atoms with Gasteiger partial charge in [0.2, 0.25) is 5.90 Å². The smallest absolute Gasteiger partial charge is 0.363 e. The molecule has 1 heterocycles. The van der Waals surface area contributed by atoms with Gasteiger partial charge in [-0.1, -0.05) is 40.2 Å². The van der Waals surface area contributed by atoms with Gasteiger partial charge in [0.15, 0.2) is 17.2 Å². The van der Waals surface area contributed by atoms with Crippen LogP contribution in [0.2, 0.25) is 0 Å². The molecule has 0 saturated heterocycles. The van der Waals surface area contributed by atoms with Gasteiger partial charge in [-0.15, -0.1) is 0 Å². The van der Waals surface area contributed by atoms with Crippen molar-refractivity contribution in [2.75, 3.05) is 6.61 Å². The first-order valence-corrected chi connectivity index (χ1v) is 11.9. The van der Waals surface area contributed by atoms with Crippen molar-refractivity contribution >= 4 is 56.5 Å². The Bertz CT molecular complexity index is 1260. The van der Waals surface area contributed by atoms with E-state index in [0.717, 1.165) is 13.6 Å². The number of carbonyl (C=O) groups excluding carboxylic acids is 1. The zero-order valence-electron chi connectivity index (χ0n) is 17.5. The maximum absolute atomic E-state index is 14.0. The molecule has 1 aliphatic rings. The normalized spacial score (nSPS) is 14.2. The number of esters is 1. The van der Waals surface area contributed by atoms with Crippen LogP contribution in [-0.2, 0) is 16.1 Å². The maximum Gasteiger partial charge on any atom is 0.363 e. The van der Waals surface area contributed by atoms with Gasteiger partial charge in [-0.25, -0.2) is 14.2 Å². The van der Waals surface area contributed by atoms with Crippen LogP contribution >= 0.6 is 38.5 Å². The third-order valence-electron chi connectivity index (χ3n) is 4.66. The lowest BCUT2D eigenvalue weighted by Crippen LogP contribution is -2.07. The highest BCUT2D eigenvalue weighted by Gasteiger charge is 2.26. The third-order valence-corrected chi connectivity index (χ3v) is 5.99. The quantitative estimate of drug-likeness (QED) is 0.171. The highest BCUT2D eigenvalue weighted by molar-refractivity contribution is 14.1. The molecule has 3 aromatic carbocycles. The molecule has 5 nitrogen and oxygen atoms in total. The van der Waals surface area contributed by atoms with Crippen molar-refractivity contribution < 1.29 is 23.4 Å². The van der Waals surface area contributed by atoms with E-state index in [4.69, 9.17) is 14.2 Å². The molecule has 1 aliphatic heterocycles. The Kier molecular flexibility index (Phi) is 7.44. The van der Waals surface area contributed by atoms with E-state index >= 15 is 0 Å². The van der Waals surface area contributed by atoms with Gasteiger partial charge in [-0.3, -0.25) is 0 Å². The van der Waals surface area contributed by atoms with Crippen LogP contribution in [0.3, 0.4) is 0 Å². The van der Waals surface area contributed by atoms with Gasteiger partial charge in [0.1, 0.15) is 12.4 Å². The average molecular weight is 622 g/mol. The third kappa shape index (κ3) is 5.62. The minimum Gasteiger partial charge on any atom is -0.490 e. The molecular weight excluding hydrogens is 604 g/mol. The van der Waals surface area contributed by atoms with Gasteiger partial charge in [0, 0.05) is 4.47 Å². The number of aliphatic imine (C=N–C) groups is 1. The van der Waals surface area contributed by atoms with Crippen LogP contribution in [-0.4, -0.2) is 18.5 Å². The number of ether oxygens (including phenoxy) is 3. The monoisotopic (exact) mass is 621 g/mol. The minimum absolute atomic E-state index is 0.0569. The molecule has 168 valence electrons. The summed E-state index contributed by atoms with van der Waals surface area (Å²) in [5.74, 6) is -0.0360. The maximum atomic E-state index is 14.0. The summed E-state index contributed by atoms with van der Waals surface area (Å²) in [7, 11) is 0. The molecule has 33 heavy (non-hydrogen) atoms. The summed E-state index contributed by atoms with van der Waals surface area (Å²) in [6.45, 7) is 2.71. The second-order valence-electron chi connectivity index (χ2n) is 6.99. The van der Waals surface area contributed by atoms with Crippen molar-refractivity contribution in [3.8, 4) is 11.5 Å². The fraction of sp³-hybridized carbons (Fsp3) is 0.120. The molecule has 0 N–H and O–H groups in total. The molecule has 0 spiro atoms. The van der Waals surface area contributed by atoms with Crippen molar-refractivity contribution in [3.05, 3.63) is 96.9 Å². The van der Waals surface area contributed by atoms with E-state index < -0.39 is 11.8 Å². The summed E-state index contributed by atoms with van der Waals surface area (Å²) in [6, 6.07) is 17.5. The Morgan fingerprint density at radius 3 is 2.61 bits per heavy atom. The average Bonchev–Trinajstić information content (AvgIpc) is 3.15. The van der Waals surface area contributed by atoms with E-state index in [0.29, 0.717) is 30.3 Å². The first-order chi connectivity index (χ1) is 15.9. The van der Waals surface area contributed by atoms with Crippen LogP contribution in [0.15, 0.2) is 75.8 Å². The van der Waals surface area contributed by atoms with Crippen LogP contribution in [0.1, 0.15) is 23.6 Å². The van der Waals surface area contributed by atoms with Gasteiger partial charge in [0.25, 0.3) is 0 Å². The lowest BCUT2D eigenvalue weighted by molar-refractivity contribution is -0.129. The molecule has 0 aromatic heterocycles. The fourth-order valence-electron chi connectivity index (χ4n) is 3.13. The molecule has 0 amide bonds. The second kappa shape index (κ2) is 10.5. The molecule has 0 atom stereocenters. The molecule has 0 fully saturated rings. The Morgan fingerprint density at radius 2 is 1.88 bits per heavy atom. The number of nitrogens with zero attached hydrogens (tertiary/aromatic N) is 1. The van der Waals surface area contributed by atoms with Crippen LogP contribution in [0.5, 0.6) is 11.5 Å². The molecule has 0 radical (unpaired) electrons. The van der Waals surface area contributed by atoms with E-state index in [1.165, 1.54) is 12.1 Å². The number of hydrogen-bond donors (Lipinski definition) is 0. The Labute approximate surface area is 212 Å². The van der Waals surface area contributed by atoms with Gasteiger partial charge >= 0.3 is 5.97 Å². The van der Waals surface area contributed by atoms with Gasteiger partial charge in [-0.2, -0.15) is 0 Å². The van der Waals surface area contributed by atoms with Crippen LogP contribution in [0.4, 0.5) is 4.39 Å². The molecule has 0 saturated carbocycles. The molecule has 3 aromatic rings. The van der Waals surface area contributed by atoms with E-state index in [9.17, 15) is 9.18 Å². The summed E-state index contributed by atoms with van der Waals surface area (Å²) in [5, 5.41) is 0. The van der Waals surface area contributed by atoms with E-state index in [-0.39, 0.29) is 17.2 Å². The van der Waals surface area contributed by atoms with Crippen molar-refractivity contribution in [2.45, 2.75) is 13.5 Å². The van der Waals surface area contributed by atoms with Crippen molar-refractivity contribution in [1.29, 1.82) is 0 Å². The Morgan fingerprint density at radius 1 is 1.12 bits per heavy atom. The standard InChI is InChI=1S/C25H18BrFINO4/c1-2-31-22-13-16(11-20(28)23(22)32-14-15-7-9-17(26)10-8-15)12-21-25(30)33-24(29-21)18-5-3-4-6-19(18)27/h3-13H,2,14H2,1H3/b21-12-. The number of rotatable bonds is 7. The van der Waals surface area contributed by atoms with E-state index in [1.54, 1.807) is 24.3 Å². The van der Waals surface area contributed by atoms with Crippen LogP contribution in [0, 0.1) is 9.39 Å². The first-order valence-electron chi connectivity index (χ1n) is 10.1. The van der Waals surface area contributed by atoms with Crippen molar-refractivity contribution in [1.82, 2.24) is 0 Å². The van der Waals surface area contributed by atoms with Crippen molar-refractivity contribution in [2.24, 2.45) is 4.99 Å². The molecule has 0 bridgehead atoms. The summed E-state index contributed by atoms with van der Waals surface area (Å²) in [4.78, 5) is 16.5. The summed E-state index contributed by atoms with van der Waals surface area (Å²) in [6.07, 6.45) is 1.58. The first kappa shape index (κ1) is 23.4. The Balaban J connectivity index is 1.61. The van der Waals surface area contributed by atoms with Gasteiger partial charge in [0.05, 0.1) is 15.7 Å². The summed E-state index contributed by atoms with van der Waals surface area (Å²) < 4.78 is 32.9. The van der Waals surface area contributed by atoms with Crippen LogP contribution < -0.4 is 9.47 Å². The predicted molar refractivity (Wildman–Crippen MR) is 136 cm³/mol. The number of benzene rings is 3. The Hall–Kier alpha value is -2.72. The zero-order valence-corrected chi connectivity index (χ0v) is 21.2. The summed E-state index contributed by atoms with van der Waals surface area (Å²) in [5.41, 5.74) is 1.92. The number of carbonyl (C=O) groups is 1. The van der Waals surface area contributed by atoms with E-state index in [2.05, 4.69) is 43.5 Å². The summed E-state index contributed by atoms with van der Waals surface area (Å²) >= 11 is 5.59. The van der Waals surface area contributed by atoms with Gasteiger partial charge in [-0.05, 0) is 83.1 Å². The van der Waals surface area contributed by atoms with E-state index in [1.807, 2.05) is 37.3 Å². The largest absolute Gasteiger partial charge is 0.490 e. The van der Waals surface area contributed by atoms with Crippen molar-refractivity contribution in [3.63, 3.8) is 0 Å². The predicted octanol–water partition coefficient (Wildman–Crippen LogP) is 6.52. The van der Waals surface area contributed by atoms with Crippen LogP contribution in [0.25, 0.3) is 6.08 Å².